The minimum atomic E-state index is -0.514. The van der Waals surface area contributed by atoms with Gasteiger partial charge in [-0.25, -0.2) is 4.98 Å². The Bertz CT molecular complexity index is 587. The first kappa shape index (κ1) is 15.4. The summed E-state index contributed by atoms with van der Waals surface area (Å²) in [5.74, 6) is 0. The highest BCUT2D eigenvalue weighted by Crippen LogP contribution is 2.30. The molecule has 0 fully saturated rings. The van der Waals surface area contributed by atoms with Crippen LogP contribution in [0.15, 0.2) is 12.1 Å². The molecule has 2 atom stereocenters. The van der Waals surface area contributed by atoms with Gasteiger partial charge in [0.25, 0.3) is 0 Å². The van der Waals surface area contributed by atoms with E-state index in [1.807, 2.05) is 23.5 Å². The number of nitrogens with one attached hydrogen (secondary N) is 1. The number of thiophene rings is 1. The summed E-state index contributed by atoms with van der Waals surface area (Å²) >= 11 is 9.15. The third kappa shape index (κ3) is 3.66. The lowest BCUT2D eigenvalue weighted by Gasteiger charge is -2.14. The Hall–Kier alpha value is -0.460. The average molecular weight is 343 g/mol. The second-order valence-corrected chi connectivity index (χ2v) is 8.28. The molecular formula is C15H19ClN2OS2. The van der Waals surface area contributed by atoms with Crippen molar-refractivity contribution in [1.29, 1.82) is 0 Å². The lowest BCUT2D eigenvalue weighted by atomic mass is 10.0. The van der Waals surface area contributed by atoms with Gasteiger partial charge in [-0.15, -0.1) is 22.7 Å². The fourth-order valence-electron chi connectivity index (χ4n) is 2.54. The Labute approximate surface area is 138 Å². The van der Waals surface area contributed by atoms with Crippen LogP contribution in [0.2, 0.25) is 4.34 Å². The number of hydrogen-bond acceptors (Lipinski definition) is 5. The number of hydrogen-bond donors (Lipinski definition) is 2. The zero-order chi connectivity index (χ0) is 14.8. The predicted octanol–water partition coefficient (Wildman–Crippen LogP) is 4.12. The first-order valence-corrected chi connectivity index (χ1v) is 9.29. The number of aryl methyl sites for hydroxylation is 2. The molecule has 0 saturated heterocycles. The molecule has 1 aliphatic carbocycles. The molecule has 3 rings (SSSR count). The fourth-order valence-corrected chi connectivity index (χ4v) is 4.77. The maximum Gasteiger partial charge on any atom is 0.110 e. The normalized spacial score (nSPS) is 17.5. The minimum Gasteiger partial charge on any atom is -0.386 e. The quantitative estimate of drug-likeness (QED) is 0.859. The molecule has 21 heavy (non-hydrogen) atoms. The summed E-state index contributed by atoms with van der Waals surface area (Å²) < 4.78 is 0.713. The van der Waals surface area contributed by atoms with Gasteiger partial charge in [-0.2, -0.15) is 0 Å². The lowest BCUT2D eigenvalue weighted by Crippen LogP contribution is -2.24. The Balaban J connectivity index is 1.58. The average Bonchev–Trinajstić information content (AvgIpc) is 3.10. The fraction of sp³-hybridized carbons (Fsp3) is 0.533. The van der Waals surface area contributed by atoms with E-state index in [-0.39, 0.29) is 6.04 Å². The van der Waals surface area contributed by atoms with Crippen LogP contribution < -0.4 is 5.32 Å². The zero-order valence-electron chi connectivity index (χ0n) is 11.9. The molecule has 6 heteroatoms. The van der Waals surface area contributed by atoms with Crippen LogP contribution in [0.1, 0.15) is 52.4 Å². The van der Waals surface area contributed by atoms with Crippen LogP contribution in [0.25, 0.3) is 0 Å². The van der Waals surface area contributed by atoms with Gasteiger partial charge in [0.2, 0.25) is 0 Å². The summed E-state index contributed by atoms with van der Waals surface area (Å²) in [6, 6.07) is 3.88. The lowest BCUT2D eigenvalue weighted by molar-refractivity contribution is 0.174. The van der Waals surface area contributed by atoms with Crippen molar-refractivity contribution in [2.24, 2.45) is 0 Å². The summed E-state index contributed by atoms with van der Waals surface area (Å²) in [6.07, 6.45) is 4.33. The second kappa shape index (κ2) is 6.75. The molecule has 2 unspecified atom stereocenters. The van der Waals surface area contributed by atoms with Gasteiger partial charge in [0.05, 0.1) is 16.1 Å². The topological polar surface area (TPSA) is 45.1 Å². The van der Waals surface area contributed by atoms with Crippen molar-refractivity contribution in [3.8, 4) is 0 Å². The minimum absolute atomic E-state index is 0.172. The van der Waals surface area contributed by atoms with Gasteiger partial charge in [-0.1, -0.05) is 11.6 Å². The van der Waals surface area contributed by atoms with Gasteiger partial charge in [0.1, 0.15) is 11.1 Å². The van der Waals surface area contributed by atoms with E-state index in [1.165, 1.54) is 41.2 Å². The van der Waals surface area contributed by atoms with E-state index in [1.54, 1.807) is 0 Å². The molecule has 2 heterocycles. The van der Waals surface area contributed by atoms with Crippen molar-refractivity contribution < 1.29 is 5.11 Å². The van der Waals surface area contributed by atoms with E-state index in [0.29, 0.717) is 10.9 Å². The molecule has 0 bridgehead atoms. The SMILES string of the molecule is CC(NCC(O)c1ccc(Cl)s1)c1nc2c(s1)CCCC2. The van der Waals surface area contributed by atoms with Crippen LogP contribution in [0.3, 0.4) is 0 Å². The van der Waals surface area contributed by atoms with E-state index >= 15 is 0 Å². The number of nitrogens with zero attached hydrogens (tertiary/aromatic N) is 1. The third-order valence-corrected chi connectivity index (χ3v) is 6.44. The maximum atomic E-state index is 10.2. The van der Waals surface area contributed by atoms with Crippen LogP contribution in [0.5, 0.6) is 0 Å². The van der Waals surface area contributed by atoms with Crippen LogP contribution in [0, 0.1) is 0 Å². The van der Waals surface area contributed by atoms with Gasteiger partial charge in [0.15, 0.2) is 0 Å². The van der Waals surface area contributed by atoms with Crippen LogP contribution in [0.4, 0.5) is 0 Å². The first-order chi connectivity index (χ1) is 10.1. The Morgan fingerprint density at radius 1 is 1.33 bits per heavy atom. The summed E-state index contributed by atoms with van der Waals surface area (Å²) in [5, 5.41) is 14.7. The van der Waals surface area contributed by atoms with Gasteiger partial charge in [-0.3, -0.25) is 0 Å². The van der Waals surface area contributed by atoms with Crippen LogP contribution in [-0.4, -0.2) is 16.6 Å². The standard InChI is InChI=1S/C15H19ClN2OS2/c1-9(15-18-10-4-2-3-5-12(10)21-15)17-8-11(19)13-6-7-14(16)20-13/h6-7,9,11,17,19H,2-5,8H2,1H3. The van der Waals surface area contributed by atoms with Gasteiger partial charge in [0, 0.05) is 16.3 Å². The van der Waals surface area contributed by atoms with Gasteiger partial charge in [-0.05, 0) is 44.7 Å². The molecular weight excluding hydrogens is 324 g/mol. The summed E-state index contributed by atoms with van der Waals surface area (Å²) in [5.41, 5.74) is 1.29. The van der Waals surface area contributed by atoms with E-state index in [0.717, 1.165) is 16.3 Å². The molecule has 0 saturated carbocycles. The molecule has 0 amide bonds. The largest absolute Gasteiger partial charge is 0.386 e. The smallest absolute Gasteiger partial charge is 0.110 e. The van der Waals surface area contributed by atoms with Gasteiger partial charge < -0.3 is 10.4 Å². The van der Waals surface area contributed by atoms with Crippen molar-refractivity contribution >= 4 is 34.3 Å². The molecule has 114 valence electrons. The van der Waals surface area contributed by atoms with Crippen molar-refractivity contribution in [2.45, 2.75) is 44.8 Å². The Morgan fingerprint density at radius 3 is 2.86 bits per heavy atom. The monoisotopic (exact) mass is 342 g/mol. The van der Waals surface area contributed by atoms with E-state index in [9.17, 15) is 5.11 Å². The molecule has 0 spiro atoms. The molecule has 2 aromatic rings. The molecule has 0 radical (unpaired) electrons. The third-order valence-electron chi connectivity index (χ3n) is 3.77. The first-order valence-electron chi connectivity index (χ1n) is 7.28. The molecule has 2 aromatic heterocycles. The number of thiazole rings is 1. The Morgan fingerprint density at radius 2 is 2.14 bits per heavy atom. The van der Waals surface area contributed by atoms with Crippen LogP contribution in [-0.2, 0) is 12.8 Å². The molecule has 1 aliphatic rings. The molecule has 0 aliphatic heterocycles. The highest BCUT2D eigenvalue weighted by molar-refractivity contribution is 7.16. The highest BCUT2D eigenvalue weighted by atomic mass is 35.5. The maximum absolute atomic E-state index is 10.2. The Kier molecular flexibility index (Phi) is 4.96. The molecule has 3 nitrogen and oxygen atoms in total. The number of aromatic nitrogens is 1. The highest BCUT2D eigenvalue weighted by Gasteiger charge is 2.19. The van der Waals surface area contributed by atoms with Crippen molar-refractivity contribution in [3.63, 3.8) is 0 Å². The van der Waals surface area contributed by atoms with Gasteiger partial charge >= 0.3 is 0 Å². The number of halogens is 1. The molecule has 0 aromatic carbocycles. The summed E-state index contributed by atoms with van der Waals surface area (Å²) in [4.78, 5) is 7.12. The molecule has 2 N–H and O–H groups in total. The zero-order valence-corrected chi connectivity index (χ0v) is 14.3. The second-order valence-electron chi connectivity index (χ2n) is 5.42. The van der Waals surface area contributed by atoms with Crippen molar-refractivity contribution in [2.75, 3.05) is 6.54 Å². The number of aliphatic hydroxyl groups excluding tert-OH is 1. The number of rotatable bonds is 5. The predicted molar refractivity (Wildman–Crippen MR) is 89.5 cm³/mol. The van der Waals surface area contributed by atoms with E-state index in [4.69, 9.17) is 16.6 Å². The summed E-state index contributed by atoms with van der Waals surface area (Å²) in [7, 11) is 0. The van der Waals surface area contributed by atoms with Crippen molar-refractivity contribution in [1.82, 2.24) is 10.3 Å². The summed E-state index contributed by atoms with van der Waals surface area (Å²) in [6.45, 7) is 2.63. The van der Waals surface area contributed by atoms with E-state index < -0.39 is 6.10 Å². The number of fused-ring (bicyclic) bond motifs is 1. The van der Waals surface area contributed by atoms with Crippen LogP contribution >= 0.6 is 34.3 Å². The number of aliphatic hydroxyl groups is 1. The van der Waals surface area contributed by atoms with Crippen molar-refractivity contribution in [3.05, 3.63) is 36.9 Å². The van der Waals surface area contributed by atoms with E-state index in [2.05, 4.69) is 12.2 Å².